The van der Waals surface area contributed by atoms with Gasteiger partial charge < -0.3 is 14.6 Å². The first kappa shape index (κ1) is 16.5. The van der Waals surface area contributed by atoms with Crippen molar-refractivity contribution in [3.63, 3.8) is 0 Å². The predicted molar refractivity (Wildman–Crippen MR) is 74.0 cm³/mol. The van der Waals surface area contributed by atoms with E-state index in [1.807, 2.05) is 13.8 Å². The molecule has 1 N–H and O–H groups in total. The van der Waals surface area contributed by atoms with Gasteiger partial charge in [-0.1, -0.05) is 0 Å². The van der Waals surface area contributed by atoms with E-state index in [0.717, 1.165) is 11.4 Å². The molecule has 0 aliphatic carbocycles. The van der Waals surface area contributed by atoms with Gasteiger partial charge in [-0.15, -0.1) is 0 Å². The Hall–Kier alpha value is -1.53. The summed E-state index contributed by atoms with van der Waals surface area (Å²) in [6.45, 7) is 6.92. The maximum absolute atomic E-state index is 11.1. The minimum atomic E-state index is -0.865. The molecule has 1 atom stereocenters. The van der Waals surface area contributed by atoms with Crippen molar-refractivity contribution in [3.8, 4) is 0 Å². The first-order valence-electron chi connectivity index (χ1n) is 6.60. The van der Waals surface area contributed by atoms with Crippen LogP contribution in [-0.4, -0.2) is 48.0 Å². The van der Waals surface area contributed by atoms with Gasteiger partial charge in [0.15, 0.2) is 0 Å². The summed E-state index contributed by atoms with van der Waals surface area (Å²) >= 11 is 0. The van der Waals surface area contributed by atoms with Crippen molar-refractivity contribution in [3.05, 3.63) is 22.8 Å². The number of hydrogen-bond acceptors (Lipinski definition) is 5. The standard InChI is InChI=1S/C14H22N2O4/c1-9(14(17)18)13-10(2)15-12(16-11(13)3)5-6-20-8-7-19-4/h9H,5-8H2,1-4H3,(H,17,18). The molecule has 1 heterocycles. The fourth-order valence-corrected chi connectivity index (χ4v) is 2.06. The maximum atomic E-state index is 11.1. The van der Waals surface area contributed by atoms with Gasteiger partial charge in [0.1, 0.15) is 5.82 Å². The van der Waals surface area contributed by atoms with E-state index in [1.165, 1.54) is 0 Å². The molecule has 6 nitrogen and oxygen atoms in total. The second kappa shape index (κ2) is 7.91. The number of aliphatic carboxylic acids is 1. The monoisotopic (exact) mass is 282 g/mol. The van der Waals surface area contributed by atoms with Crippen molar-refractivity contribution in [2.24, 2.45) is 0 Å². The van der Waals surface area contributed by atoms with Crippen molar-refractivity contribution < 1.29 is 19.4 Å². The highest BCUT2D eigenvalue weighted by Crippen LogP contribution is 2.21. The van der Waals surface area contributed by atoms with E-state index < -0.39 is 11.9 Å². The van der Waals surface area contributed by atoms with E-state index in [0.29, 0.717) is 37.6 Å². The van der Waals surface area contributed by atoms with Crippen LogP contribution < -0.4 is 0 Å². The van der Waals surface area contributed by atoms with Crippen LogP contribution in [0.1, 0.15) is 35.6 Å². The number of carboxylic acids is 1. The number of hydrogen-bond donors (Lipinski definition) is 1. The molecule has 0 bridgehead atoms. The number of methoxy groups -OCH3 is 1. The number of carbonyl (C=O) groups is 1. The van der Waals surface area contributed by atoms with E-state index in [-0.39, 0.29) is 0 Å². The molecule has 0 aliphatic rings. The molecule has 0 saturated carbocycles. The summed E-state index contributed by atoms with van der Waals surface area (Å²) < 4.78 is 10.3. The number of ether oxygens (including phenoxy) is 2. The van der Waals surface area contributed by atoms with Crippen molar-refractivity contribution in [1.82, 2.24) is 9.97 Å². The topological polar surface area (TPSA) is 81.5 Å². The lowest BCUT2D eigenvalue weighted by Crippen LogP contribution is -2.15. The van der Waals surface area contributed by atoms with Gasteiger partial charge >= 0.3 is 5.97 Å². The Morgan fingerprint density at radius 2 is 1.80 bits per heavy atom. The van der Waals surface area contributed by atoms with Gasteiger partial charge in [0.25, 0.3) is 0 Å². The summed E-state index contributed by atoms with van der Waals surface area (Å²) in [5.74, 6) is -0.781. The lowest BCUT2D eigenvalue weighted by molar-refractivity contribution is -0.138. The van der Waals surface area contributed by atoms with Crippen LogP contribution in [0.3, 0.4) is 0 Å². The van der Waals surface area contributed by atoms with Gasteiger partial charge in [-0.3, -0.25) is 4.79 Å². The summed E-state index contributed by atoms with van der Waals surface area (Å²) in [6, 6.07) is 0. The highest BCUT2D eigenvalue weighted by molar-refractivity contribution is 5.76. The molecule has 112 valence electrons. The lowest BCUT2D eigenvalue weighted by Gasteiger charge is -2.14. The Bertz CT molecular complexity index is 439. The largest absolute Gasteiger partial charge is 0.481 e. The highest BCUT2D eigenvalue weighted by Gasteiger charge is 2.20. The second-order valence-corrected chi connectivity index (χ2v) is 4.64. The SMILES string of the molecule is COCCOCCc1nc(C)c(C(C)C(=O)O)c(C)n1. The molecular weight excluding hydrogens is 260 g/mol. The minimum Gasteiger partial charge on any atom is -0.481 e. The minimum absolute atomic E-state index is 0.524. The third-order valence-corrected chi connectivity index (χ3v) is 3.08. The molecule has 20 heavy (non-hydrogen) atoms. The number of aromatic nitrogens is 2. The second-order valence-electron chi connectivity index (χ2n) is 4.64. The first-order valence-corrected chi connectivity index (χ1v) is 6.60. The molecule has 1 rings (SSSR count). The van der Waals surface area contributed by atoms with E-state index in [1.54, 1.807) is 14.0 Å². The maximum Gasteiger partial charge on any atom is 0.310 e. The zero-order valence-electron chi connectivity index (χ0n) is 12.5. The molecule has 0 aliphatic heterocycles. The molecule has 0 radical (unpaired) electrons. The summed E-state index contributed by atoms with van der Waals surface area (Å²) in [5, 5.41) is 9.09. The Morgan fingerprint density at radius 3 is 2.30 bits per heavy atom. The summed E-state index contributed by atoms with van der Waals surface area (Å²) in [7, 11) is 1.63. The smallest absolute Gasteiger partial charge is 0.310 e. The van der Waals surface area contributed by atoms with Crippen LogP contribution in [-0.2, 0) is 20.7 Å². The van der Waals surface area contributed by atoms with Gasteiger partial charge in [0, 0.05) is 30.5 Å². The molecule has 0 amide bonds. The van der Waals surface area contributed by atoms with E-state index >= 15 is 0 Å². The molecule has 1 unspecified atom stereocenters. The van der Waals surface area contributed by atoms with Crippen LogP contribution in [0.15, 0.2) is 0 Å². The van der Waals surface area contributed by atoms with Gasteiger partial charge in [0.05, 0.1) is 25.7 Å². The average molecular weight is 282 g/mol. The Labute approximate surface area is 119 Å². The zero-order valence-corrected chi connectivity index (χ0v) is 12.5. The Kier molecular flexibility index (Phi) is 6.54. The van der Waals surface area contributed by atoms with Gasteiger partial charge in [0.2, 0.25) is 0 Å². The fourth-order valence-electron chi connectivity index (χ4n) is 2.06. The Balaban J connectivity index is 2.71. The fraction of sp³-hybridized carbons (Fsp3) is 0.643. The third kappa shape index (κ3) is 4.54. The zero-order chi connectivity index (χ0) is 15.1. The molecule has 0 aromatic carbocycles. The summed E-state index contributed by atoms with van der Waals surface area (Å²) in [6.07, 6.45) is 0.604. The first-order chi connectivity index (χ1) is 9.47. The van der Waals surface area contributed by atoms with Crippen LogP contribution in [0, 0.1) is 13.8 Å². The summed E-state index contributed by atoms with van der Waals surface area (Å²) in [4.78, 5) is 19.8. The van der Waals surface area contributed by atoms with E-state index in [2.05, 4.69) is 9.97 Å². The normalized spacial score (nSPS) is 12.4. The molecule has 0 spiro atoms. The van der Waals surface area contributed by atoms with E-state index in [4.69, 9.17) is 14.6 Å². The van der Waals surface area contributed by atoms with Crippen LogP contribution in [0.25, 0.3) is 0 Å². The van der Waals surface area contributed by atoms with E-state index in [9.17, 15) is 4.79 Å². The highest BCUT2D eigenvalue weighted by atomic mass is 16.5. The quantitative estimate of drug-likeness (QED) is 0.727. The molecule has 0 fully saturated rings. The van der Waals surface area contributed by atoms with Crippen LogP contribution in [0.4, 0.5) is 0 Å². The molecule has 0 saturated heterocycles. The third-order valence-electron chi connectivity index (χ3n) is 3.08. The van der Waals surface area contributed by atoms with Gasteiger partial charge in [-0.25, -0.2) is 9.97 Å². The average Bonchev–Trinajstić information content (AvgIpc) is 2.37. The summed E-state index contributed by atoms with van der Waals surface area (Å²) in [5.41, 5.74) is 2.14. The number of aryl methyl sites for hydroxylation is 2. The van der Waals surface area contributed by atoms with Gasteiger partial charge in [-0.2, -0.15) is 0 Å². The number of nitrogens with zero attached hydrogens (tertiary/aromatic N) is 2. The number of rotatable bonds is 8. The predicted octanol–water partition coefficient (Wildman–Crippen LogP) is 1.49. The van der Waals surface area contributed by atoms with Gasteiger partial charge in [-0.05, 0) is 20.8 Å². The van der Waals surface area contributed by atoms with Crippen molar-refractivity contribution in [2.75, 3.05) is 26.9 Å². The molecule has 1 aromatic rings. The van der Waals surface area contributed by atoms with Crippen molar-refractivity contribution in [1.29, 1.82) is 0 Å². The van der Waals surface area contributed by atoms with Crippen LogP contribution in [0.5, 0.6) is 0 Å². The molecular formula is C14H22N2O4. The number of carboxylic acid groups (broad SMARTS) is 1. The van der Waals surface area contributed by atoms with Crippen LogP contribution >= 0.6 is 0 Å². The molecule has 1 aromatic heterocycles. The lowest BCUT2D eigenvalue weighted by atomic mass is 9.98. The van der Waals surface area contributed by atoms with Crippen molar-refractivity contribution >= 4 is 5.97 Å². The Morgan fingerprint density at radius 1 is 1.20 bits per heavy atom. The van der Waals surface area contributed by atoms with Crippen molar-refractivity contribution in [2.45, 2.75) is 33.1 Å². The van der Waals surface area contributed by atoms with Crippen LogP contribution in [0.2, 0.25) is 0 Å². The molecule has 6 heteroatoms.